The average molecular weight is 465 g/mol. The van der Waals surface area contributed by atoms with Gasteiger partial charge in [-0.25, -0.2) is 4.98 Å². The molecule has 3 rings (SSSR count). The van der Waals surface area contributed by atoms with Gasteiger partial charge in [0.05, 0.1) is 30.4 Å². The number of nitro groups is 1. The van der Waals surface area contributed by atoms with Crippen LogP contribution in [0.3, 0.4) is 0 Å². The quantitative estimate of drug-likeness (QED) is 0.316. The first-order valence-corrected chi connectivity index (χ1v) is 9.38. The van der Waals surface area contributed by atoms with Gasteiger partial charge in [-0.2, -0.15) is 4.98 Å². The van der Waals surface area contributed by atoms with E-state index >= 15 is 0 Å². The van der Waals surface area contributed by atoms with Crippen LogP contribution >= 0.6 is 0 Å². The number of anilines is 3. The molecule has 174 valence electrons. The van der Waals surface area contributed by atoms with E-state index in [1.807, 2.05) is 0 Å². The van der Waals surface area contributed by atoms with Gasteiger partial charge < -0.3 is 25.2 Å². The normalized spacial score (nSPS) is 11.1. The molecular weight excluding hydrogens is 447 g/mol. The van der Waals surface area contributed by atoms with Gasteiger partial charge in [-0.15, -0.1) is 13.2 Å². The number of aromatic nitrogens is 2. The van der Waals surface area contributed by atoms with Crippen LogP contribution in [0.1, 0.15) is 0 Å². The maximum atomic E-state index is 12.6. The Bertz CT molecular complexity index is 1140. The molecule has 0 saturated carbocycles. The van der Waals surface area contributed by atoms with E-state index in [4.69, 9.17) is 9.84 Å². The van der Waals surface area contributed by atoms with Crippen molar-refractivity contribution in [2.24, 2.45) is 0 Å². The van der Waals surface area contributed by atoms with Crippen molar-refractivity contribution in [1.82, 2.24) is 9.97 Å². The summed E-state index contributed by atoms with van der Waals surface area (Å²) in [6.07, 6.45) is -4.86. The number of alkyl halides is 3. The molecule has 33 heavy (non-hydrogen) atoms. The van der Waals surface area contributed by atoms with Gasteiger partial charge in [-0.3, -0.25) is 10.1 Å². The molecule has 0 aliphatic carbocycles. The number of nitrogens with zero attached hydrogens (tertiary/aromatic N) is 3. The minimum absolute atomic E-state index is 0.0438. The SMILES string of the molecule is COc1ccc(Nc2cc(-c3cccc(OC(F)(F)F)c3)nc(NCCO)n2)c([N+](=O)[O-])c1. The van der Waals surface area contributed by atoms with Crippen molar-refractivity contribution < 1.29 is 32.7 Å². The number of hydrogen-bond donors (Lipinski definition) is 3. The van der Waals surface area contributed by atoms with Crippen LogP contribution in [0.2, 0.25) is 0 Å². The zero-order valence-electron chi connectivity index (χ0n) is 17.1. The summed E-state index contributed by atoms with van der Waals surface area (Å²) in [4.78, 5) is 19.3. The first kappa shape index (κ1) is 23.5. The average Bonchev–Trinajstić information content (AvgIpc) is 2.76. The van der Waals surface area contributed by atoms with E-state index < -0.39 is 17.0 Å². The maximum Gasteiger partial charge on any atom is 0.573 e. The van der Waals surface area contributed by atoms with Crippen molar-refractivity contribution in [2.45, 2.75) is 6.36 Å². The standard InChI is InChI=1S/C20H18F3N5O5/c1-32-13-5-6-15(17(10-13)28(30)31)25-18-11-16(26-19(27-18)24-7-8-29)12-3-2-4-14(9-12)33-20(21,22)23/h2-6,9-11,29H,7-8H2,1H3,(H2,24,25,26,27). The number of methoxy groups -OCH3 is 1. The second kappa shape index (κ2) is 9.99. The molecule has 0 fully saturated rings. The number of aliphatic hydroxyl groups excluding tert-OH is 1. The van der Waals surface area contributed by atoms with E-state index in [9.17, 15) is 23.3 Å². The molecular formula is C20H18F3N5O5. The van der Waals surface area contributed by atoms with Gasteiger partial charge >= 0.3 is 6.36 Å². The van der Waals surface area contributed by atoms with Crippen LogP contribution in [0.5, 0.6) is 11.5 Å². The van der Waals surface area contributed by atoms with E-state index in [0.717, 1.165) is 12.1 Å². The highest BCUT2D eigenvalue weighted by Crippen LogP contribution is 2.33. The van der Waals surface area contributed by atoms with Crippen LogP contribution in [-0.4, -0.2) is 46.6 Å². The molecule has 0 aliphatic rings. The van der Waals surface area contributed by atoms with E-state index in [-0.39, 0.29) is 53.3 Å². The molecule has 2 aromatic carbocycles. The Morgan fingerprint density at radius 3 is 2.58 bits per heavy atom. The van der Waals surface area contributed by atoms with Crippen LogP contribution in [0.4, 0.5) is 36.3 Å². The number of rotatable bonds is 9. The number of nitro benzene ring substituents is 1. The summed E-state index contributed by atoms with van der Waals surface area (Å²) in [6.45, 7) is -0.127. The van der Waals surface area contributed by atoms with E-state index in [2.05, 4.69) is 25.3 Å². The number of aliphatic hydroxyl groups is 1. The molecule has 1 aromatic heterocycles. The Balaban J connectivity index is 2.01. The van der Waals surface area contributed by atoms with Gasteiger partial charge in [0.15, 0.2) is 0 Å². The number of halogens is 3. The molecule has 0 saturated heterocycles. The Kier molecular flexibility index (Phi) is 7.13. The maximum absolute atomic E-state index is 12.6. The third-order valence-corrected chi connectivity index (χ3v) is 4.15. The highest BCUT2D eigenvalue weighted by Gasteiger charge is 2.31. The van der Waals surface area contributed by atoms with Crippen molar-refractivity contribution in [3.8, 4) is 22.8 Å². The third kappa shape index (κ3) is 6.43. The summed E-state index contributed by atoms with van der Waals surface area (Å²) in [5, 5.41) is 26.1. The molecule has 0 unspecified atom stereocenters. The predicted molar refractivity (Wildman–Crippen MR) is 113 cm³/mol. The Morgan fingerprint density at radius 1 is 1.12 bits per heavy atom. The fraction of sp³-hybridized carbons (Fsp3) is 0.200. The molecule has 3 aromatic rings. The number of benzene rings is 2. The number of ether oxygens (including phenoxy) is 2. The fourth-order valence-electron chi connectivity index (χ4n) is 2.79. The zero-order chi connectivity index (χ0) is 24.0. The molecule has 0 spiro atoms. The number of hydrogen-bond acceptors (Lipinski definition) is 9. The summed E-state index contributed by atoms with van der Waals surface area (Å²) in [7, 11) is 1.37. The largest absolute Gasteiger partial charge is 0.573 e. The highest BCUT2D eigenvalue weighted by atomic mass is 19.4. The van der Waals surface area contributed by atoms with Crippen molar-refractivity contribution in [3.05, 3.63) is 58.6 Å². The second-order valence-corrected chi connectivity index (χ2v) is 6.45. The summed E-state index contributed by atoms with van der Waals surface area (Å²) < 4.78 is 46.7. The van der Waals surface area contributed by atoms with Gasteiger partial charge in [0.25, 0.3) is 5.69 Å². The minimum atomic E-state index is -4.86. The van der Waals surface area contributed by atoms with Crippen LogP contribution in [0, 0.1) is 10.1 Å². The Morgan fingerprint density at radius 2 is 1.91 bits per heavy atom. The topological polar surface area (TPSA) is 132 Å². The van der Waals surface area contributed by atoms with Gasteiger partial charge in [0, 0.05) is 18.2 Å². The highest BCUT2D eigenvalue weighted by molar-refractivity contribution is 5.73. The fourth-order valence-corrected chi connectivity index (χ4v) is 2.79. The molecule has 0 atom stereocenters. The minimum Gasteiger partial charge on any atom is -0.496 e. The molecule has 10 nitrogen and oxygen atoms in total. The molecule has 13 heteroatoms. The monoisotopic (exact) mass is 465 g/mol. The van der Waals surface area contributed by atoms with E-state index in [1.165, 1.54) is 43.5 Å². The van der Waals surface area contributed by atoms with Crippen molar-refractivity contribution in [3.63, 3.8) is 0 Å². The Hall–Kier alpha value is -4.13. The lowest BCUT2D eigenvalue weighted by molar-refractivity contribution is -0.384. The third-order valence-electron chi connectivity index (χ3n) is 4.15. The lowest BCUT2D eigenvalue weighted by Gasteiger charge is -2.13. The lowest BCUT2D eigenvalue weighted by Crippen LogP contribution is -2.17. The second-order valence-electron chi connectivity index (χ2n) is 6.45. The van der Waals surface area contributed by atoms with Crippen LogP contribution in [0.25, 0.3) is 11.3 Å². The van der Waals surface area contributed by atoms with Crippen LogP contribution in [0.15, 0.2) is 48.5 Å². The van der Waals surface area contributed by atoms with E-state index in [1.54, 1.807) is 0 Å². The zero-order valence-corrected chi connectivity index (χ0v) is 17.1. The van der Waals surface area contributed by atoms with Crippen LogP contribution < -0.4 is 20.1 Å². The lowest BCUT2D eigenvalue weighted by atomic mass is 10.1. The molecule has 0 aliphatic heterocycles. The predicted octanol–water partition coefficient (Wildman–Crippen LogP) is 4.11. The summed E-state index contributed by atoms with van der Waals surface area (Å²) in [6, 6.07) is 10.7. The molecule has 0 radical (unpaired) electrons. The number of nitrogens with one attached hydrogen (secondary N) is 2. The first-order valence-electron chi connectivity index (χ1n) is 9.38. The molecule has 0 amide bonds. The summed E-state index contributed by atoms with van der Waals surface area (Å²) >= 11 is 0. The van der Waals surface area contributed by atoms with Crippen LogP contribution in [-0.2, 0) is 0 Å². The summed E-state index contributed by atoms with van der Waals surface area (Å²) in [5.74, 6) is 0.00407. The molecule has 3 N–H and O–H groups in total. The smallest absolute Gasteiger partial charge is 0.496 e. The van der Waals surface area contributed by atoms with Gasteiger partial charge in [0.2, 0.25) is 5.95 Å². The van der Waals surface area contributed by atoms with E-state index in [0.29, 0.717) is 0 Å². The first-order chi connectivity index (χ1) is 15.7. The van der Waals surface area contributed by atoms with Gasteiger partial charge in [0.1, 0.15) is 23.0 Å². The van der Waals surface area contributed by atoms with Crippen molar-refractivity contribution in [2.75, 3.05) is 30.9 Å². The molecule has 1 heterocycles. The van der Waals surface area contributed by atoms with Crippen molar-refractivity contribution in [1.29, 1.82) is 0 Å². The van der Waals surface area contributed by atoms with Gasteiger partial charge in [-0.05, 0) is 24.3 Å². The van der Waals surface area contributed by atoms with Gasteiger partial charge in [-0.1, -0.05) is 12.1 Å². The summed E-state index contributed by atoms with van der Waals surface area (Å²) in [5.41, 5.74) is 0.308. The Labute approximate surface area is 185 Å². The molecule has 0 bridgehead atoms. The van der Waals surface area contributed by atoms with Crippen molar-refractivity contribution >= 4 is 23.1 Å².